The van der Waals surface area contributed by atoms with Gasteiger partial charge in [-0.15, -0.1) is 0 Å². The van der Waals surface area contributed by atoms with Crippen molar-refractivity contribution in [2.24, 2.45) is 5.84 Å². The van der Waals surface area contributed by atoms with Crippen molar-refractivity contribution in [2.45, 2.75) is 19.9 Å². The maximum absolute atomic E-state index is 13.6. The minimum atomic E-state index is -0.431. The minimum Gasteiger partial charge on any atom is -0.271 e. The van der Waals surface area contributed by atoms with Gasteiger partial charge in [0.05, 0.1) is 11.1 Å². The van der Waals surface area contributed by atoms with Gasteiger partial charge in [-0.2, -0.15) is 0 Å². The van der Waals surface area contributed by atoms with Crippen molar-refractivity contribution >= 4 is 11.6 Å². The fourth-order valence-electron chi connectivity index (χ4n) is 1.32. The Hall–Kier alpha value is -0.900. The van der Waals surface area contributed by atoms with Crippen LogP contribution in [0.15, 0.2) is 29.8 Å². The third-order valence-corrected chi connectivity index (χ3v) is 2.29. The molecule has 1 atom stereocenters. The summed E-state index contributed by atoms with van der Waals surface area (Å²) in [6.07, 6.45) is 1.84. The molecule has 1 rings (SSSR count). The van der Waals surface area contributed by atoms with Crippen LogP contribution in [0.1, 0.15) is 25.5 Å². The van der Waals surface area contributed by atoms with Crippen LogP contribution < -0.4 is 11.3 Å². The van der Waals surface area contributed by atoms with Crippen molar-refractivity contribution in [1.82, 2.24) is 5.43 Å². The molecule has 2 nitrogen and oxygen atoms in total. The summed E-state index contributed by atoms with van der Waals surface area (Å²) >= 11 is 5.69. The molecular formula is C11H14ClFN2. The summed E-state index contributed by atoms with van der Waals surface area (Å²) in [7, 11) is 0. The van der Waals surface area contributed by atoms with E-state index >= 15 is 0 Å². The molecule has 1 unspecified atom stereocenters. The zero-order valence-corrected chi connectivity index (χ0v) is 9.48. The van der Waals surface area contributed by atoms with Gasteiger partial charge >= 0.3 is 0 Å². The Morgan fingerprint density at radius 2 is 2.20 bits per heavy atom. The van der Waals surface area contributed by atoms with E-state index < -0.39 is 5.82 Å². The van der Waals surface area contributed by atoms with Gasteiger partial charge in [0.25, 0.3) is 0 Å². The number of nitrogens with two attached hydrogens (primary N) is 1. The van der Waals surface area contributed by atoms with E-state index in [1.807, 2.05) is 19.9 Å². The van der Waals surface area contributed by atoms with Gasteiger partial charge in [-0.05, 0) is 19.9 Å². The van der Waals surface area contributed by atoms with E-state index in [0.717, 1.165) is 5.57 Å². The molecule has 0 bridgehead atoms. The van der Waals surface area contributed by atoms with Crippen LogP contribution in [-0.2, 0) is 0 Å². The van der Waals surface area contributed by atoms with Crippen molar-refractivity contribution in [3.8, 4) is 0 Å². The first-order valence-corrected chi connectivity index (χ1v) is 4.99. The lowest BCUT2D eigenvalue weighted by Crippen LogP contribution is -2.27. The molecule has 0 fully saturated rings. The summed E-state index contributed by atoms with van der Waals surface area (Å²) in [5, 5.41) is 0.106. The first kappa shape index (κ1) is 12.2. The number of allylic oxidation sites excluding steroid dienone is 1. The van der Waals surface area contributed by atoms with Crippen LogP contribution in [0.25, 0.3) is 0 Å². The first-order chi connectivity index (χ1) is 7.06. The molecule has 82 valence electrons. The maximum atomic E-state index is 13.6. The molecule has 0 saturated heterocycles. The molecule has 0 spiro atoms. The lowest BCUT2D eigenvalue weighted by Gasteiger charge is -2.14. The summed E-state index contributed by atoms with van der Waals surface area (Å²) in [4.78, 5) is 0. The quantitative estimate of drug-likeness (QED) is 0.474. The molecular weight excluding hydrogens is 215 g/mol. The van der Waals surface area contributed by atoms with Crippen LogP contribution in [-0.4, -0.2) is 0 Å². The summed E-state index contributed by atoms with van der Waals surface area (Å²) < 4.78 is 13.6. The molecule has 4 heteroatoms. The van der Waals surface area contributed by atoms with Crippen LogP contribution in [0.2, 0.25) is 5.02 Å². The van der Waals surface area contributed by atoms with Crippen LogP contribution in [0.4, 0.5) is 4.39 Å². The Labute approximate surface area is 93.9 Å². The van der Waals surface area contributed by atoms with Crippen molar-refractivity contribution in [1.29, 1.82) is 0 Å². The SMILES string of the molecule is CC(C)=CC(NN)c1cccc(Cl)c1F. The molecule has 15 heavy (non-hydrogen) atoms. The predicted octanol–water partition coefficient (Wildman–Crippen LogP) is 2.95. The standard InChI is InChI=1S/C11H14ClFN2/c1-7(2)6-10(15-14)8-4-3-5-9(12)11(8)13/h3-6,10,15H,14H2,1-2H3. The van der Waals surface area contributed by atoms with E-state index in [2.05, 4.69) is 5.43 Å². The highest BCUT2D eigenvalue weighted by Gasteiger charge is 2.13. The normalized spacial score (nSPS) is 12.3. The van der Waals surface area contributed by atoms with Crippen molar-refractivity contribution in [3.63, 3.8) is 0 Å². The van der Waals surface area contributed by atoms with Crippen LogP contribution in [0.3, 0.4) is 0 Å². The van der Waals surface area contributed by atoms with E-state index in [9.17, 15) is 4.39 Å². The second-order valence-electron chi connectivity index (χ2n) is 3.53. The minimum absolute atomic E-state index is 0.106. The van der Waals surface area contributed by atoms with Gasteiger partial charge in [-0.1, -0.05) is 35.4 Å². The highest BCUT2D eigenvalue weighted by Crippen LogP contribution is 2.24. The second-order valence-corrected chi connectivity index (χ2v) is 3.94. The number of nitrogens with one attached hydrogen (secondary N) is 1. The van der Waals surface area contributed by atoms with Crippen LogP contribution in [0, 0.1) is 5.82 Å². The van der Waals surface area contributed by atoms with Gasteiger partial charge < -0.3 is 0 Å². The van der Waals surface area contributed by atoms with E-state index in [1.165, 1.54) is 6.07 Å². The Bertz CT molecular complexity index is 373. The lowest BCUT2D eigenvalue weighted by molar-refractivity contribution is 0.567. The summed E-state index contributed by atoms with van der Waals surface area (Å²) in [6, 6.07) is 4.51. The summed E-state index contributed by atoms with van der Waals surface area (Å²) in [5.74, 6) is 4.94. The maximum Gasteiger partial charge on any atom is 0.146 e. The van der Waals surface area contributed by atoms with Gasteiger partial charge in [0, 0.05) is 5.56 Å². The molecule has 0 aliphatic rings. The van der Waals surface area contributed by atoms with Gasteiger partial charge in [-0.25, -0.2) is 9.82 Å². The van der Waals surface area contributed by atoms with Gasteiger partial charge in [0.15, 0.2) is 0 Å². The van der Waals surface area contributed by atoms with E-state index in [0.29, 0.717) is 5.56 Å². The topological polar surface area (TPSA) is 38.0 Å². The molecule has 0 aliphatic heterocycles. The fraction of sp³-hybridized carbons (Fsp3) is 0.273. The van der Waals surface area contributed by atoms with Gasteiger partial charge in [-0.3, -0.25) is 5.84 Å². The average Bonchev–Trinajstić information content (AvgIpc) is 2.19. The largest absolute Gasteiger partial charge is 0.271 e. The average molecular weight is 229 g/mol. The Kier molecular flexibility index (Phi) is 4.27. The summed E-state index contributed by atoms with van der Waals surface area (Å²) in [6.45, 7) is 3.85. The third kappa shape index (κ3) is 3.02. The van der Waals surface area contributed by atoms with E-state index in [4.69, 9.17) is 17.4 Å². The molecule has 1 aromatic rings. The fourth-order valence-corrected chi connectivity index (χ4v) is 1.50. The smallest absolute Gasteiger partial charge is 0.146 e. The first-order valence-electron chi connectivity index (χ1n) is 4.61. The Balaban J connectivity index is 3.13. The molecule has 1 aromatic carbocycles. The number of halogens is 2. The highest BCUT2D eigenvalue weighted by molar-refractivity contribution is 6.30. The molecule has 0 aromatic heterocycles. The zero-order chi connectivity index (χ0) is 11.4. The Morgan fingerprint density at radius 3 is 2.73 bits per heavy atom. The second kappa shape index (κ2) is 5.26. The lowest BCUT2D eigenvalue weighted by atomic mass is 10.0. The predicted molar refractivity (Wildman–Crippen MR) is 60.9 cm³/mol. The van der Waals surface area contributed by atoms with E-state index in [-0.39, 0.29) is 11.1 Å². The molecule has 0 saturated carbocycles. The number of rotatable bonds is 3. The van der Waals surface area contributed by atoms with Crippen molar-refractivity contribution < 1.29 is 4.39 Å². The number of hydrazine groups is 1. The molecule has 0 heterocycles. The highest BCUT2D eigenvalue weighted by atomic mass is 35.5. The third-order valence-electron chi connectivity index (χ3n) is 2.00. The molecule has 3 N–H and O–H groups in total. The number of hydrogen-bond donors (Lipinski definition) is 2. The monoisotopic (exact) mass is 228 g/mol. The van der Waals surface area contributed by atoms with Crippen LogP contribution >= 0.6 is 11.6 Å². The van der Waals surface area contributed by atoms with Crippen molar-refractivity contribution in [2.75, 3.05) is 0 Å². The van der Waals surface area contributed by atoms with Gasteiger partial charge in [0.2, 0.25) is 0 Å². The summed E-state index contributed by atoms with van der Waals surface area (Å²) in [5.41, 5.74) is 4.05. The molecule has 0 aliphatic carbocycles. The Morgan fingerprint density at radius 1 is 1.53 bits per heavy atom. The molecule has 0 amide bonds. The van der Waals surface area contributed by atoms with E-state index in [1.54, 1.807) is 12.1 Å². The van der Waals surface area contributed by atoms with Crippen LogP contribution in [0.5, 0.6) is 0 Å². The molecule has 0 radical (unpaired) electrons. The van der Waals surface area contributed by atoms with Crippen molar-refractivity contribution in [3.05, 3.63) is 46.3 Å². The zero-order valence-electron chi connectivity index (χ0n) is 8.72. The van der Waals surface area contributed by atoms with Gasteiger partial charge in [0.1, 0.15) is 5.82 Å². The number of hydrogen-bond acceptors (Lipinski definition) is 2. The number of benzene rings is 1.